The molecule has 2 aliphatic rings. The summed E-state index contributed by atoms with van der Waals surface area (Å²) in [6.07, 6.45) is 3.96. The number of nitrogens with two attached hydrogens (primary N) is 5. The number of Topliss-reactive ketones (excluding diaryl/α,β-unsaturated/α-hetero) is 2. The van der Waals surface area contributed by atoms with Gasteiger partial charge in [0.2, 0.25) is 47.0 Å². The van der Waals surface area contributed by atoms with Gasteiger partial charge in [-0.25, -0.2) is 9.78 Å². The number of guanidine groups is 2. The van der Waals surface area contributed by atoms with E-state index in [9.17, 15) is 48.3 Å². The predicted octanol–water partition coefficient (Wildman–Crippen LogP) is -2.12. The Morgan fingerprint density at radius 3 is 1.75 bits per heavy atom. The van der Waals surface area contributed by atoms with Gasteiger partial charge in [0, 0.05) is 48.3 Å². The molecule has 2 aromatic rings. The fourth-order valence-electron chi connectivity index (χ4n) is 8.11. The lowest BCUT2D eigenvalue weighted by atomic mass is 9.92. The second kappa shape index (κ2) is 29.4. The second-order valence-electron chi connectivity index (χ2n) is 18.9. The number of imidazole rings is 1. The van der Waals surface area contributed by atoms with Crippen molar-refractivity contribution in [2.75, 3.05) is 25.4 Å². The van der Waals surface area contributed by atoms with Crippen molar-refractivity contribution in [1.29, 1.82) is 0 Å². The Labute approximate surface area is 438 Å². The molecule has 19 N–H and O–H groups in total. The van der Waals surface area contributed by atoms with Gasteiger partial charge in [0.1, 0.15) is 48.0 Å². The average Bonchev–Trinajstić information content (AvgIpc) is 3.88. The number of H-pyrrole nitrogens is 1. The molecule has 27 heteroatoms. The number of carboxylic acid groups (broad SMARTS) is 1. The number of hydrogen-bond acceptors (Lipinski definition) is 15. The zero-order chi connectivity index (χ0) is 55.4. The van der Waals surface area contributed by atoms with Gasteiger partial charge in [-0.15, -0.1) is 11.8 Å². The van der Waals surface area contributed by atoms with Crippen LogP contribution in [-0.2, 0) is 40.0 Å². The van der Waals surface area contributed by atoms with Gasteiger partial charge in [-0.3, -0.25) is 48.3 Å². The molecule has 0 radical (unpaired) electrons. The molecule has 26 nitrogen and oxygen atoms in total. The lowest BCUT2D eigenvalue weighted by Gasteiger charge is -2.31. The monoisotopic (exact) mass is 1060 g/mol. The van der Waals surface area contributed by atoms with E-state index in [1.54, 1.807) is 32.0 Å². The van der Waals surface area contributed by atoms with Crippen molar-refractivity contribution in [3.8, 4) is 0 Å². The third kappa shape index (κ3) is 18.4. The van der Waals surface area contributed by atoms with E-state index < -0.39 is 95.4 Å². The van der Waals surface area contributed by atoms with Crippen molar-refractivity contribution in [3.63, 3.8) is 0 Å². The maximum Gasteiger partial charge on any atom is 0.326 e. The van der Waals surface area contributed by atoms with E-state index in [4.69, 9.17) is 28.7 Å². The molecule has 1 aliphatic carbocycles. The molecular weight excluding hydrogens is 993 g/mol. The number of ketones is 2. The van der Waals surface area contributed by atoms with E-state index in [0.717, 1.165) is 11.8 Å². The Bertz CT molecular complexity index is 2460. The van der Waals surface area contributed by atoms with Gasteiger partial charge >= 0.3 is 5.97 Å². The largest absolute Gasteiger partial charge is 0.480 e. The zero-order valence-corrected chi connectivity index (χ0v) is 43.4. The number of nitrogens with one attached hydrogen (secondary N) is 8. The number of aromatic amines is 1. The number of aromatic nitrogens is 2. The van der Waals surface area contributed by atoms with E-state index in [2.05, 4.69) is 57.2 Å². The summed E-state index contributed by atoms with van der Waals surface area (Å²) < 4.78 is 0. The highest BCUT2D eigenvalue weighted by Gasteiger charge is 2.40. The third-order valence-corrected chi connectivity index (χ3v) is 13.2. The highest BCUT2D eigenvalue weighted by molar-refractivity contribution is 8.04. The number of unbranched alkanes of at least 4 members (excludes halogenated alkanes) is 1. The standard InChI is InChI=1S/C48H72N16O10S/c1-24(2)19-32(43(70)60-30(14-9-17-55-47(50)51)40(67)59-31(15-10-18-56-48(52)53)41(68)63-33(46(73)74)20-26-21-54-23-57-26)62-45(72)35(25(3)4)64-42(69)29(13-7-8-16-49)61-44(71)34-22-75-39-36(58-34)37(65)27-11-5-6-12-28(27)38(39)66/h5-6,11-12,21,23-25,29-35,58H,7-10,13-20,22,49H2,1-4H3,(H,54,57)(H,59,67)(H,60,70)(H,61,71)(H,62,72)(H,63,68)(H,64,69)(H,73,74)(H4,50,51,55)(H4,52,53,56). The third-order valence-electron chi connectivity index (χ3n) is 12.0. The van der Waals surface area contributed by atoms with Crippen LogP contribution in [0, 0.1) is 11.8 Å². The van der Waals surface area contributed by atoms with Crippen molar-refractivity contribution >= 4 is 76.7 Å². The lowest BCUT2D eigenvalue weighted by molar-refractivity contribution is -0.142. The Morgan fingerprint density at radius 2 is 1.23 bits per heavy atom. The van der Waals surface area contributed by atoms with Crippen LogP contribution in [-0.4, -0.2) is 148 Å². The zero-order valence-electron chi connectivity index (χ0n) is 42.6. The van der Waals surface area contributed by atoms with Crippen molar-refractivity contribution in [3.05, 3.63) is 64.2 Å². The van der Waals surface area contributed by atoms with Gasteiger partial charge < -0.3 is 76.0 Å². The average molecular weight is 1070 g/mol. The summed E-state index contributed by atoms with van der Waals surface area (Å²) in [6.45, 7) is 7.40. The SMILES string of the molecule is CC(C)CC(NC(=O)C(NC(=O)C(CCCCN)NC(=O)C1CSC2=C(N1)C(=O)c1ccccc1C2=O)C(C)C)C(=O)NC(CCCN=C(N)N)C(=O)NC(CCCN=C(N)N)C(=O)NC(Cc1cnc[nH]1)C(=O)O. The Morgan fingerprint density at radius 1 is 0.707 bits per heavy atom. The number of nitrogens with zero attached hydrogens (tertiary/aromatic N) is 3. The van der Waals surface area contributed by atoms with Gasteiger partial charge in [0.05, 0.1) is 11.2 Å². The summed E-state index contributed by atoms with van der Waals surface area (Å²) in [4.78, 5) is 138. The smallest absolute Gasteiger partial charge is 0.326 e. The number of fused-ring (bicyclic) bond motifs is 1. The van der Waals surface area contributed by atoms with Crippen molar-refractivity contribution < 1.29 is 48.3 Å². The summed E-state index contributed by atoms with van der Waals surface area (Å²) in [5.74, 6) is -7.73. The highest BCUT2D eigenvalue weighted by Crippen LogP contribution is 2.35. The molecule has 6 amide bonds. The molecular formula is C48H72N16O10S. The predicted molar refractivity (Wildman–Crippen MR) is 280 cm³/mol. The number of hydrogen-bond donors (Lipinski definition) is 14. The van der Waals surface area contributed by atoms with Crippen LogP contribution >= 0.6 is 11.8 Å². The number of amides is 6. The van der Waals surface area contributed by atoms with Crippen LogP contribution < -0.4 is 65.9 Å². The molecule has 0 bridgehead atoms. The van der Waals surface area contributed by atoms with E-state index >= 15 is 0 Å². The molecule has 7 unspecified atom stereocenters. The number of carboxylic acids is 1. The number of thioether (sulfide) groups is 1. The maximum atomic E-state index is 14.3. The summed E-state index contributed by atoms with van der Waals surface area (Å²) in [7, 11) is 0. The van der Waals surface area contributed by atoms with Crippen LogP contribution in [0.3, 0.4) is 0 Å². The lowest BCUT2D eigenvalue weighted by Crippen LogP contribution is -2.61. The van der Waals surface area contributed by atoms with Crippen LogP contribution in [0.4, 0.5) is 0 Å². The topological polar surface area (TPSA) is 442 Å². The second-order valence-corrected chi connectivity index (χ2v) is 19.9. The van der Waals surface area contributed by atoms with Gasteiger partial charge in [0.25, 0.3) is 0 Å². The number of aliphatic imine (C=N–C) groups is 2. The van der Waals surface area contributed by atoms with Gasteiger partial charge in [-0.05, 0) is 69.7 Å². The molecule has 1 aromatic carbocycles. The van der Waals surface area contributed by atoms with E-state index in [-0.39, 0.29) is 109 Å². The molecule has 7 atom stereocenters. The van der Waals surface area contributed by atoms with Crippen LogP contribution in [0.2, 0.25) is 0 Å². The number of benzene rings is 1. The quantitative estimate of drug-likeness (QED) is 0.0226. The van der Waals surface area contributed by atoms with Crippen molar-refractivity contribution in [1.82, 2.24) is 47.2 Å². The Hall–Kier alpha value is -7.55. The molecule has 0 saturated heterocycles. The molecule has 0 fully saturated rings. The fraction of sp³-hybridized carbons (Fsp3) is 0.542. The molecule has 1 aliphatic heterocycles. The molecule has 1 aromatic heterocycles. The molecule has 75 heavy (non-hydrogen) atoms. The van der Waals surface area contributed by atoms with Crippen LogP contribution in [0.25, 0.3) is 0 Å². The van der Waals surface area contributed by atoms with E-state index in [1.165, 1.54) is 18.6 Å². The highest BCUT2D eigenvalue weighted by atomic mass is 32.2. The van der Waals surface area contributed by atoms with Gasteiger partial charge in [0.15, 0.2) is 11.9 Å². The number of carbonyl (C=O) groups excluding carboxylic acids is 8. The number of aliphatic carboxylic acids is 1. The molecule has 410 valence electrons. The number of carbonyl (C=O) groups is 9. The Balaban J connectivity index is 1.52. The fourth-order valence-corrected chi connectivity index (χ4v) is 9.22. The first-order valence-electron chi connectivity index (χ1n) is 24.8. The number of rotatable bonds is 30. The normalized spacial score (nSPS) is 16.3. The summed E-state index contributed by atoms with van der Waals surface area (Å²) in [5, 5.41) is 28.9. The molecule has 0 spiro atoms. The maximum absolute atomic E-state index is 14.3. The first-order valence-corrected chi connectivity index (χ1v) is 25.7. The van der Waals surface area contributed by atoms with Crippen LogP contribution in [0.5, 0.6) is 0 Å². The number of allylic oxidation sites excluding steroid dienone is 2. The van der Waals surface area contributed by atoms with E-state index in [1.807, 2.05) is 13.8 Å². The van der Waals surface area contributed by atoms with Crippen molar-refractivity contribution in [2.45, 2.75) is 128 Å². The Kier molecular flexibility index (Phi) is 23.5. The molecule has 2 heterocycles. The molecule has 0 saturated carbocycles. The van der Waals surface area contributed by atoms with Gasteiger partial charge in [-0.1, -0.05) is 52.0 Å². The van der Waals surface area contributed by atoms with Crippen molar-refractivity contribution in [2.24, 2.45) is 50.5 Å². The first kappa shape index (κ1) is 60.0. The molecule has 4 rings (SSSR count). The van der Waals surface area contributed by atoms with Crippen LogP contribution in [0.15, 0.2) is 57.4 Å². The van der Waals surface area contributed by atoms with E-state index in [0.29, 0.717) is 25.1 Å². The summed E-state index contributed by atoms with van der Waals surface area (Å²) in [6, 6.07) is -2.38. The minimum absolute atomic E-state index is 0.00458. The van der Waals surface area contributed by atoms with Crippen LogP contribution in [0.1, 0.15) is 105 Å². The van der Waals surface area contributed by atoms with Gasteiger partial charge in [-0.2, -0.15) is 0 Å². The minimum Gasteiger partial charge on any atom is -0.480 e. The summed E-state index contributed by atoms with van der Waals surface area (Å²) in [5.41, 5.74) is 28.7. The minimum atomic E-state index is -1.42. The first-order chi connectivity index (χ1) is 35.6. The summed E-state index contributed by atoms with van der Waals surface area (Å²) >= 11 is 1.07.